The molecule has 0 bridgehead atoms. The van der Waals surface area contributed by atoms with Gasteiger partial charge in [0.25, 0.3) is 11.8 Å². The number of aromatic nitrogens is 2. The number of hydrogen-bond acceptors (Lipinski definition) is 4. The molecule has 7 nitrogen and oxygen atoms in total. The van der Waals surface area contributed by atoms with Gasteiger partial charge < -0.3 is 14.2 Å². The van der Waals surface area contributed by atoms with E-state index in [0.717, 1.165) is 12.1 Å². The molecule has 0 aromatic carbocycles. The maximum absolute atomic E-state index is 12.6. The molecule has 23 heavy (non-hydrogen) atoms. The Bertz CT molecular complexity index is 705. The van der Waals surface area contributed by atoms with E-state index >= 15 is 0 Å². The lowest BCUT2D eigenvalue weighted by Gasteiger charge is -2.21. The molecule has 3 rings (SSSR count). The molecular formula is C16H20N4O3. The first-order chi connectivity index (χ1) is 11.1. The third-order valence-corrected chi connectivity index (χ3v) is 4.06. The maximum atomic E-state index is 12.6. The van der Waals surface area contributed by atoms with Crippen LogP contribution in [0.5, 0.6) is 0 Å². The highest BCUT2D eigenvalue weighted by Crippen LogP contribution is 2.13. The van der Waals surface area contributed by atoms with Crippen LogP contribution in [0.1, 0.15) is 33.0 Å². The largest absolute Gasteiger partial charge is 0.472 e. The molecule has 0 radical (unpaired) electrons. The zero-order valence-electron chi connectivity index (χ0n) is 13.4. The van der Waals surface area contributed by atoms with Crippen LogP contribution in [0.15, 0.2) is 29.1 Å². The summed E-state index contributed by atoms with van der Waals surface area (Å²) >= 11 is 0. The van der Waals surface area contributed by atoms with Gasteiger partial charge in [0.1, 0.15) is 12.0 Å². The Morgan fingerprint density at radius 1 is 1.13 bits per heavy atom. The van der Waals surface area contributed by atoms with Crippen molar-refractivity contribution < 1.29 is 14.0 Å². The summed E-state index contributed by atoms with van der Waals surface area (Å²) in [5, 5.41) is 4.22. The Balaban J connectivity index is 1.68. The molecule has 1 saturated heterocycles. The molecule has 1 aliphatic heterocycles. The first-order valence-corrected chi connectivity index (χ1v) is 7.67. The van der Waals surface area contributed by atoms with Crippen LogP contribution in [0.4, 0.5) is 0 Å². The van der Waals surface area contributed by atoms with Gasteiger partial charge in [-0.1, -0.05) is 0 Å². The van der Waals surface area contributed by atoms with Crippen LogP contribution < -0.4 is 0 Å². The summed E-state index contributed by atoms with van der Waals surface area (Å²) in [5.41, 5.74) is 1.95. The first kappa shape index (κ1) is 15.3. The molecule has 0 unspecified atom stereocenters. The lowest BCUT2D eigenvalue weighted by molar-refractivity contribution is 0.0712. The van der Waals surface area contributed by atoms with E-state index in [1.165, 1.54) is 12.5 Å². The van der Waals surface area contributed by atoms with Crippen LogP contribution in [0.25, 0.3) is 0 Å². The number of furan rings is 1. The molecule has 0 aliphatic carbocycles. The van der Waals surface area contributed by atoms with E-state index in [4.69, 9.17) is 4.42 Å². The molecule has 1 fully saturated rings. The van der Waals surface area contributed by atoms with E-state index in [2.05, 4.69) is 5.10 Å². The summed E-state index contributed by atoms with van der Waals surface area (Å²) in [5.74, 6) is -0.0878. The van der Waals surface area contributed by atoms with Crippen molar-refractivity contribution in [2.45, 2.75) is 13.3 Å². The fourth-order valence-electron chi connectivity index (χ4n) is 2.87. The zero-order valence-corrected chi connectivity index (χ0v) is 13.4. The Morgan fingerprint density at radius 2 is 1.83 bits per heavy atom. The molecule has 0 N–H and O–H groups in total. The summed E-state index contributed by atoms with van der Waals surface area (Å²) < 4.78 is 6.58. The SMILES string of the molecule is Cc1cc(C(=O)N2CCCN(C(=O)c3ccoc3)CC2)n(C)n1. The molecule has 1 aliphatic rings. The average molecular weight is 316 g/mol. The second-order valence-corrected chi connectivity index (χ2v) is 5.74. The van der Waals surface area contributed by atoms with E-state index in [0.29, 0.717) is 37.4 Å². The fraction of sp³-hybridized carbons (Fsp3) is 0.438. The zero-order chi connectivity index (χ0) is 16.4. The smallest absolute Gasteiger partial charge is 0.272 e. The van der Waals surface area contributed by atoms with E-state index in [1.807, 2.05) is 6.92 Å². The van der Waals surface area contributed by atoms with Gasteiger partial charge in [-0.3, -0.25) is 14.3 Å². The van der Waals surface area contributed by atoms with Crippen LogP contribution in [0.2, 0.25) is 0 Å². The summed E-state index contributed by atoms with van der Waals surface area (Å²) in [7, 11) is 1.77. The number of carbonyl (C=O) groups is 2. The van der Waals surface area contributed by atoms with Crippen LogP contribution in [-0.4, -0.2) is 57.6 Å². The minimum atomic E-state index is -0.0515. The summed E-state index contributed by atoms with van der Waals surface area (Å²) in [6.07, 6.45) is 3.70. The second kappa shape index (κ2) is 6.28. The molecule has 122 valence electrons. The van der Waals surface area contributed by atoms with E-state index < -0.39 is 0 Å². The predicted octanol–water partition coefficient (Wildman–Crippen LogP) is 1.31. The highest BCUT2D eigenvalue weighted by Gasteiger charge is 2.25. The molecule has 2 aromatic rings. The standard InChI is InChI=1S/C16H20N4O3/c1-12-10-14(18(2)17-12)16(22)20-6-3-5-19(7-8-20)15(21)13-4-9-23-11-13/h4,9-11H,3,5-8H2,1-2H3. The number of aryl methyl sites for hydroxylation is 2. The average Bonchev–Trinajstić information content (AvgIpc) is 3.09. The lowest BCUT2D eigenvalue weighted by Crippen LogP contribution is -2.37. The van der Waals surface area contributed by atoms with Gasteiger partial charge in [0.05, 0.1) is 17.5 Å². The van der Waals surface area contributed by atoms with Crippen LogP contribution >= 0.6 is 0 Å². The molecule has 2 aromatic heterocycles. The van der Waals surface area contributed by atoms with Gasteiger partial charge in [0.2, 0.25) is 0 Å². The van der Waals surface area contributed by atoms with E-state index in [-0.39, 0.29) is 11.8 Å². The van der Waals surface area contributed by atoms with Crippen LogP contribution in [-0.2, 0) is 7.05 Å². The predicted molar refractivity (Wildman–Crippen MR) is 83.1 cm³/mol. The highest BCUT2D eigenvalue weighted by molar-refractivity contribution is 5.94. The first-order valence-electron chi connectivity index (χ1n) is 7.67. The number of carbonyl (C=O) groups excluding carboxylic acids is 2. The van der Waals surface area contributed by atoms with Gasteiger partial charge >= 0.3 is 0 Å². The topological polar surface area (TPSA) is 71.6 Å². The molecular weight excluding hydrogens is 296 g/mol. The Kier molecular flexibility index (Phi) is 4.18. The molecule has 0 spiro atoms. The van der Waals surface area contributed by atoms with Crippen molar-refractivity contribution in [2.75, 3.05) is 26.2 Å². The maximum Gasteiger partial charge on any atom is 0.272 e. The second-order valence-electron chi connectivity index (χ2n) is 5.74. The summed E-state index contributed by atoms with van der Waals surface area (Å²) in [6.45, 7) is 4.18. The van der Waals surface area contributed by atoms with Gasteiger partial charge in [-0.05, 0) is 25.5 Å². The van der Waals surface area contributed by atoms with Crippen molar-refractivity contribution >= 4 is 11.8 Å². The minimum absolute atomic E-state index is 0.0364. The Labute approximate surface area is 134 Å². The number of rotatable bonds is 2. The molecule has 3 heterocycles. The van der Waals surface area contributed by atoms with Crippen molar-refractivity contribution in [1.82, 2.24) is 19.6 Å². The molecule has 2 amide bonds. The molecule has 7 heteroatoms. The van der Waals surface area contributed by atoms with Crippen molar-refractivity contribution in [3.8, 4) is 0 Å². The summed E-state index contributed by atoms with van der Waals surface area (Å²) in [6, 6.07) is 3.45. The Morgan fingerprint density at radius 3 is 2.39 bits per heavy atom. The third kappa shape index (κ3) is 3.13. The van der Waals surface area contributed by atoms with Gasteiger partial charge in [0, 0.05) is 33.2 Å². The summed E-state index contributed by atoms with van der Waals surface area (Å²) in [4.78, 5) is 28.6. The molecule has 0 saturated carbocycles. The van der Waals surface area contributed by atoms with Gasteiger partial charge in [-0.15, -0.1) is 0 Å². The van der Waals surface area contributed by atoms with Crippen molar-refractivity contribution in [3.05, 3.63) is 41.6 Å². The van der Waals surface area contributed by atoms with Gasteiger partial charge in [-0.25, -0.2) is 0 Å². The molecule has 0 atom stereocenters. The highest BCUT2D eigenvalue weighted by atomic mass is 16.3. The van der Waals surface area contributed by atoms with Crippen LogP contribution in [0, 0.1) is 6.92 Å². The monoisotopic (exact) mass is 316 g/mol. The van der Waals surface area contributed by atoms with Crippen molar-refractivity contribution in [1.29, 1.82) is 0 Å². The van der Waals surface area contributed by atoms with Gasteiger partial charge in [0.15, 0.2) is 0 Å². The minimum Gasteiger partial charge on any atom is -0.472 e. The van der Waals surface area contributed by atoms with E-state index in [9.17, 15) is 9.59 Å². The normalized spacial score (nSPS) is 15.6. The van der Waals surface area contributed by atoms with Crippen molar-refractivity contribution in [2.24, 2.45) is 7.05 Å². The number of hydrogen-bond donors (Lipinski definition) is 0. The number of nitrogens with zero attached hydrogens (tertiary/aromatic N) is 4. The van der Waals surface area contributed by atoms with Crippen molar-refractivity contribution in [3.63, 3.8) is 0 Å². The fourth-order valence-corrected chi connectivity index (χ4v) is 2.87. The quantitative estimate of drug-likeness (QED) is 0.837. The van der Waals surface area contributed by atoms with Gasteiger partial charge in [-0.2, -0.15) is 5.10 Å². The third-order valence-electron chi connectivity index (χ3n) is 4.06. The van der Waals surface area contributed by atoms with E-state index in [1.54, 1.807) is 33.7 Å². The Hall–Kier alpha value is -2.57. The number of amides is 2. The lowest BCUT2D eigenvalue weighted by atomic mass is 10.3. The van der Waals surface area contributed by atoms with Crippen LogP contribution in [0.3, 0.4) is 0 Å².